The number of carboxylic acid groups (broad SMARTS) is 1. The van der Waals surface area contributed by atoms with E-state index in [0.717, 1.165) is 11.3 Å². The fraction of sp³-hybridized carbons (Fsp3) is 0.286. The van der Waals surface area contributed by atoms with Gasteiger partial charge in [-0.1, -0.05) is 0 Å². The number of anilines is 1. The van der Waals surface area contributed by atoms with Gasteiger partial charge in [-0.25, -0.2) is 9.59 Å². The minimum atomic E-state index is -1.02. The molecule has 0 saturated carbocycles. The van der Waals surface area contributed by atoms with E-state index in [1.54, 1.807) is 18.3 Å². The van der Waals surface area contributed by atoms with Crippen LogP contribution in [0.1, 0.15) is 26.4 Å². The van der Waals surface area contributed by atoms with E-state index < -0.39 is 5.97 Å². The Morgan fingerprint density at radius 1 is 1.33 bits per heavy atom. The van der Waals surface area contributed by atoms with Gasteiger partial charge in [0.2, 0.25) is 0 Å². The molecule has 21 heavy (non-hydrogen) atoms. The Kier molecular flexibility index (Phi) is 4.98. The van der Waals surface area contributed by atoms with Crippen molar-refractivity contribution in [3.63, 3.8) is 0 Å². The molecule has 2 heterocycles. The van der Waals surface area contributed by atoms with Gasteiger partial charge in [0.25, 0.3) is 0 Å². The van der Waals surface area contributed by atoms with E-state index >= 15 is 0 Å². The molecule has 0 aliphatic carbocycles. The number of carboxylic acids is 1. The summed E-state index contributed by atoms with van der Waals surface area (Å²) in [6, 6.07) is 1.63. The van der Waals surface area contributed by atoms with Gasteiger partial charge in [-0.15, -0.1) is 11.3 Å². The zero-order valence-corrected chi connectivity index (χ0v) is 13.4. The topological polar surface area (TPSA) is 78.4 Å². The number of carbonyl (C=O) groups is 2. The lowest BCUT2D eigenvalue weighted by Crippen LogP contribution is -2.30. The van der Waals surface area contributed by atoms with Crippen LogP contribution >= 0.6 is 22.7 Å². The van der Waals surface area contributed by atoms with Crippen LogP contribution < -0.4 is 10.6 Å². The van der Waals surface area contributed by atoms with Crippen LogP contribution in [0.5, 0.6) is 0 Å². The number of aromatic carboxylic acids is 1. The van der Waals surface area contributed by atoms with Crippen molar-refractivity contribution >= 4 is 39.7 Å². The first-order valence-electron chi connectivity index (χ1n) is 6.38. The molecule has 2 amide bonds. The molecule has 0 radical (unpaired) electrons. The number of urea groups is 1. The SMILES string of the molecule is Cc1sc(NC(=O)NCCc2ccsc2)c(C(=O)O)c1C. The summed E-state index contributed by atoms with van der Waals surface area (Å²) in [6.45, 7) is 4.09. The van der Waals surface area contributed by atoms with E-state index in [-0.39, 0.29) is 11.6 Å². The maximum absolute atomic E-state index is 11.8. The molecule has 0 unspecified atom stereocenters. The molecule has 0 fully saturated rings. The second kappa shape index (κ2) is 6.73. The molecule has 7 heteroatoms. The van der Waals surface area contributed by atoms with Gasteiger partial charge in [0, 0.05) is 11.4 Å². The Balaban J connectivity index is 1.93. The predicted molar refractivity (Wildman–Crippen MR) is 85.8 cm³/mol. The average Bonchev–Trinajstić information content (AvgIpc) is 2.99. The fourth-order valence-electron chi connectivity index (χ4n) is 1.88. The van der Waals surface area contributed by atoms with E-state index in [2.05, 4.69) is 10.6 Å². The Morgan fingerprint density at radius 2 is 2.10 bits per heavy atom. The summed E-state index contributed by atoms with van der Waals surface area (Å²) in [4.78, 5) is 24.0. The molecule has 0 bridgehead atoms. The standard InChI is InChI=1S/C14H16N2O3S2/c1-8-9(2)21-12(11(8)13(17)18)16-14(19)15-5-3-10-4-6-20-7-10/h4,6-7H,3,5H2,1-2H3,(H,17,18)(H2,15,16,19). The van der Waals surface area contributed by atoms with Gasteiger partial charge in [-0.05, 0) is 48.2 Å². The third-order valence-electron chi connectivity index (χ3n) is 3.11. The highest BCUT2D eigenvalue weighted by atomic mass is 32.1. The Hall–Kier alpha value is -1.86. The molecule has 0 atom stereocenters. The van der Waals surface area contributed by atoms with Crippen molar-refractivity contribution < 1.29 is 14.7 Å². The van der Waals surface area contributed by atoms with Crippen molar-refractivity contribution in [1.82, 2.24) is 5.32 Å². The Morgan fingerprint density at radius 3 is 2.71 bits per heavy atom. The molecular weight excluding hydrogens is 308 g/mol. The second-order valence-electron chi connectivity index (χ2n) is 4.56. The lowest BCUT2D eigenvalue weighted by molar-refractivity contribution is 0.0697. The Labute approximate surface area is 130 Å². The van der Waals surface area contributed by atoms with E-state index in [4.69, 9.17) is 0 Å². The van der Waals surface area contributed by atoms with Crippen LogP contribution in [0.25, 0.3) is 0 Å². The van der Waals surface area contributed by atoms with Gasteiger partial charge in [-0.3, -0.25) is 5.32 Å². The number of aryl methyl sites for hydroxylation is 1. The molecule has 2 aromatic heterocycles. The van der Waals surface area contributed by atoms with Gasteiger partial charge in [0.05, 0.1) is 5.56 Å². The first kappa shape index (κ1) is 15.5. The summed E-state index contributed by atoms with van der Waals surface area (Å²) in [5.74, 6) is -1.02. The first-order valence-corrected chi connectivity index (χ1v) is 8.14. The lowest BCUT2D eigenvalue weighted by atomic mass is 10.1. The van der Waals surface area contributed by atoms with Crippen LogP contribution in [0, 0.1) is 13.8 Å². The number of nitrogens with one attached hydrogen (secondary N) is 2. The predicted octanol–water partition coefficient (Wildman–Crippen LogP) is 3.49. The van der Waals surface area contributed by atoms with Crippen molar-refractivity contribution in [1.29, 1.82) is 0 Å². The van der Waals surface area contributed by atoms with Crippen LogP contribution in [0.15, 0.2) is 16.8 Å². The van der Waals surface area contributed by atoms with Crippen molar-refractivity contribution in [3.05, 3.63) is 38.4 Å². The molecule has 0 saturated heterocycles. The van der Waals surface area contributed by atoms with E-state index in [1.807, 2.05) is 23.8 Å². The summed E-state index contributed by atoms with van der Waals surface area (Å²) in [7, 11) is 0. The second-order valence-corrected chi connectivity index (χ2v) is 6.56. The van der Waals surface area contributed by atoms with E-state index in [0.29, 0.717) is 17.1 Å². The molecule has 0 aromatic carbocycles. The number of carbonyl (C=O) groups excluding carboxylic acids is 1. The van der Waals surface area contributed by atoms with Gasteiger partial charge in [-0.2, -0.15) is 11.3 Å². The highest BCUT2D eigenvalue weighted by molar-refractivity contribution is 7.16. The highest BCUT2D eigenvalue weighted by Gasteiger charge is 2.20. The third kappa shape index (κ3) is 3.83. The number of hydrogen-bond acceptors (Lipinski definition) is 4. The molecule has 112 valence electrons. The molecule has 2 aromatic rings. The van der Waals surface area contributed by atoms with Crippen LogP contribution in [0.2, 0.25) is 0 Å². The molecule has 0 spiro atoms. The van der Waals surface area contributed by atoms with E-state index in [9.17, 15) is 14.7 Å². The smallest absolute Gasteiger partial charge is 0.338 e. The first-order chi connectivity index (χ1) is 9.99. The van der Waals surface area contributed by atoms with E-state index in [1.165, 1.54) is 16.9 Å². The third-order valence-corrected chi connectivity index (χ3v) is 4.96. The van der Waals surface area contributed by atoms with Crippen LogP contribution in [-0.4, -0.2) is 23.7 Å². The Bertz CT molecular complexity index is 647. The molecule has 2 rings (SSSR count). The average molecular weight is 324 g/mol. The highest BCUT2D eigenvalue weighted by Crippen LogP contribution is 2.32. The normalized spacial score (nSPS) is 10.4. The van der Waals surface area contributed by atoms with Gasteiger partial charge in [0.15, 0.2) is 0 Å². The van der Waals surface area contributed by atoms with Gasteiger partial charge >= 0.3 is 12.0 Å². The molecular formula is C14H16N2O3S2. The zero-order valence-electron chi connectivity index (χ0n) is 11.7. The van der Waals surface area contributed by atoms with Crippen molar-refractivity contribution in [3.8, 4) is 0 Å². The minimum absolute atomic E-state index is 0.172. The number of hydrogen-bond donors (Lipinski definition) is 3. The van der Waals surface area contributed by atoms with Crippen molar-refractivity contribution in [2.45, 2.75) is 20.3 Å². The van der Waals surface area contributed by atoms with Crippen molar-refractivity contribution in [2.24, 2.45) is 0 Å². The van der Waals surface area contributed by atoms with Crippen molar-refractivity contribution in [2.75, 3.05) is 11.9 Å². The maximum Gasteiger partial charge on any atom is 0.338 e. The maximum atomic E-state index is 11.8. The van der Waals surface area contributed by atoms with Gasteiger partial charge in [0.1, 0.15) is 5.00 Å². The summed E-state index contributed by atoms with van der Waals surface area (Å²) in [5.41, 5.74) is 2.04. The fourth-order valence-corrected chi connectivity index (χ4v) is 3.63. The van der Waals surface area contributed by atoms with Crippen LogP contribution in [0.3, 0.4) is 0 Å². The summed E-state index contributed by atoms with van der Waals surface area (Å²) >= 11 is 2.90. The summed E-state index contributed by atoms with van der Waals surface area (Å²) in [6.07, 6.45) is 0.755. The number of amides is 2. The lowest BCUT2D eigenvalue weighted by Gasteiger charge is -2.06. The molecule has 0 aliphatic rings. The summed E-state index contributed by atoms with van der Waals surface area (Å²) in [5, 5.41) is 19.0. The molecule has 0 aliphatic heterocycles. The quantitative estimate of drug-likeness (QED) is 0.788. The zero-order chi connectivity index (χ0) is 15.4. The van der Waals surface area contributed by atoms with Crippen LogP contribution in [0.4, 0.5) is 9.80 Å². The van der Waals surface area contributed by atoms with Gasteiger partial charge < -0.3 is 10.4 Å². The monoisotopic (exact) mass is 324 g/mol. The minimum Gasteiger partial charge on any atom is -0.478 e. The summed E-state index contributed by atoms with van der Waals surface area (Å²) < 4.78 is 0. The number of rotatable bonds is 5. The largest absolute Gasteiger partial charge is 0.478 e. The number of thiophene rings is 2. The van der Waals surface area contributed by atoms with Crippen LogP contribution in [-0.2, 0) is 6.42 Å². The molecule has 5 nitrogen and oxygen atoms in total. The molecule has 3 N–H and O–H groups in total.